The van der Waals surface area contributed by atoms with Crippen molar-refractivity contribution in [2.45, 2.75) is 13.3 Å². The van der Waals surface area contributed by atoms with Crippen LogP contribution in [0.25, 0.3) is 5.82 Å². The smallest absolute Gasteiger partial charge is 0.321 e. The number of hydrogen-bond donors (Lipinski definition) is 1. The second kappa shape index (κ2) is 9.18. The first-order valence-electron chi connectivity index (χ1n) is 10.1. The lowest BCUT2D eigenvalue weighted by Crippen LogP contribution is -2.39. The predicted molar refractivity (Wildman–Crippen MR) is 119 cm³/mol. The van der Waals surface area contributed by atoms with Crippen LogP contribution in [0.5, 0.6) is 0 Å². The Hall–Kier alpha value is -3.39. The van der Waals surface area contributed by atoms with Crippen LogP contribution in [0.1, 0.15) is 22.5 Å². The summed E-state index contributed by atoms with van der Waals surface area (Å²) in [7, 11) is 0. The zero-order valence-electron chi connectivity index (χ0n) is 17.2. The number of carbonyl (C=O) groups is 2. The van der Waals surface area contributed by atoms with E-state index >= 15 is 0 Å². The molecule has 8 nitrogen and oxygen atoms in total. The number of anilines is 1. The third-order valence-electron chi connectivity index (χ3n) is 5.25. The fourth-order valence-corrected chi connectivity index (χ4v) is 3.78. The topological polar surface area (TPSA) is 83.4 Å². The van der Waals surface area contributed by atoms with Crippen molar-refractivity contribution in [1.29, 1.82) is 0 Å². The van der Waals surface area contributed by atoms with Gasteiger partial charge >= 0.3 is 6.03 Å². The maximum Gasteiger partial charge on any atom is 0.321 e. The summed E-state index contributed by atoms with van der Waals surface area (Å²) >= 11 is 5.99. The van der Waals surface area contributed by atoms with Crippen LogP contribution in [0.3, 0.4) is 0 Å². The van der Waals surface area contributed by atoms with Crippen LogP contribution in [0.2, 0.25) is 5.02 Å². The van der Waals surface area contributed by atoms with Gasteiger partial charge in [-0.3, -0.25) is 4.79 Å². The van der Waals surface area contributed by atoms with Crippen molar-refractivity contribution in [2.24, 2.45) is 0 Å². The van der Waals surface area contributed by atoms with Crippen molar-refractivity contribution < 1.29 is 9.59 Å². The van der Waals surface area contributed by atoms with E-state index in [1.807, 2.05) is 25.1 Å². The van der Waals surface area contributed by atoms with Gasteiger partial charge in [-0.2, -0.15) is 5.10 Å². The first-order valence-corrected chi connectivity index (χ1v) is 10.5. The number of aromatic nitrogens is 3. The van der Waals surface area contributed by atoms with Gasteiger partial charge < -0.3 is 15.1 Å². The number of amides is 3. The Bertz CT molecular complexity index is 1080. The van der Waals surface area contributed by atoms with Gasteiger partial charge in [-0.1, -0.05) is 23.7 Å². The molecule has 4 rings (SSSR count). The Labute approximate surface area is 185 Å². The molecule has 0 bridgehead atoms. The van der Waals surface area contributed by atoms with Gasteiger partial charge in [0.1, 0.15) is 0 Å². The molecule has 0 atom stereocenters. The van der Waals surface area contributed by atoms with Crippen molar-refractivity contribution in [3.63, 3.8) is 0 Å². The molecule has 1 fully saturated rings. The molecule has 0 radical (unpaired) electrons. The average Bonchev–Trinajstić information content (AvgIpc) is 2.98. The largest absolute Gasteiger partial charge is 0.337 e. The van der Waals surface area contributed by atoms with Gasteiger partial charge in [-0.25, -0.2) is 14.5 Å². The van der Waals surface area contributed by atoms with Crippen molar-refractivity contribution in [3.8, 4) is 5.82 Å². The quantitative estimate of drug-likeness (QED) is 0.677. The summed E-state index contributed by atoms with van der Waals surface area (Å²) in [6.07, 6.45) is 3.97. The molecule has 1 aliphatic heterocycles. The van der Waals surface area contributed by atoms with Gasteiger partial charge in [0.2, 0.25) is 0 Å². The van der Waals surface area contributed by atoms with Gasteiger partial charge in [0, 0.05) is 43.1 Å². The summed E-state index contributed by atoms with van der Waals surface area (Å²) in [6, 6.07) is 12.4. The lowest BCUT2D eigenvalue weighted by atomic mass is 10.2. The summed E-state index contributed by atoms with van der Waals surface area (Å²) in [5.41, 5.74) is 1.93. The van der Waals surface area contributed by atoms with Gasteiger partial charge in [-0.05, 0) is 43.7 Å². The zero-order valence-corrected chi connectivity index (χ0v) is 17.9. The maximum atomic E-state index is 13.1. The van der Waals surface area contributed by atoms with Crippen LogP contribution in [0, 0.1) is 6.92 Å². The molecule has 0 unspecified atom stereocenters. The average molecular weight is 439 g/mol. The molecule has 3 heterocycles. The molecule has 31 heavy (non-hydrogen) atoms. The third-order valence-corrected chi connectivity index (χ3v) is 5.49. The van der Waals surface area contributed by atoms with Crippen LogP contribution in [-0.2, 0) is 0 Å². The second-order valence-electron chi connectivity index (χ2n) is 7.32. The van der Waals surface area contributed by atoms with Crippen LogP contribution < -0.4 is 5.32 Å². The van der Waals surface area contributed by atoms with E-state index in [1.165, 1.54) is 0 Å². The maximum absolute atomic E-state index is 13.1. The van der Waals surface area contributed by atoms with Crippen LogP contribution in [0.4, 0.5) is 10.5 Å². The molecular weight excluding hydrogens is 416 g/mol. The highest BCUT2D eigenvalue weighted by atomic mass is 35.5. The predicted octanol–water partition coefficient (Wildman–Crippen LogP) is 3.61. The molecule has 1 aliphatic rings. The van der Waals surface area contributed by atoms with Crippen LogP contribution in [0.15, 0.2) is 54.9 Å². The minimum absolute atomic E-state index is 0.0863. The Kier molecular flexibility index (Phi) is 6.18. The van der Waals surface area contributed by atoms with E-state index in [4.69, 9.17) is 11.6 Å². The van der Waals surface area contributed by atoms with Gasteiger partial charge in [0.15, 0.2) is 5.82 Å². The Balaban J connectivity index is 1.41. The molecule has 0 spiro atoms. The number of urea groups is 1. The van der Waals surface area contributed by atoms with E-state index in [2.05, 4.69) is 15.4 Å². The van der Waals surface area contributed by atoms with Crippen molar-refractivity contribution in [3.05, 3.63) is 71.1 Å². The number of hydrogen-bond acceptors (Lipinski definition) is 4. The molecule has 1 aromatic carbocycles. The monoisotopic (exact) mass is 438 g/mol. The molecule has 160 valence electrons. The number of nitrogens with one attached hydrogen (secondary N) is 1. The lowest BCUT2D eigenvalue weighted by molar-refractivity contribution is 0.0762. The van der Waals surface area contributed by atoms with Crippen molar-refractivity contribution in [1.82, 2.24) is 24.6 Å². The van der Waals surface area contributed by atoms with E-state index in [0.717, 1.165) is 5.69 Å². The first kappa shape index (κ1) is 20.9. The molecule has 9 heteroatoms. The van der Waals surface area contributed by atoms with Crippen LogP contribution >= 0.6 is 11.6 Å². The van der Waals surface area contributed by atoms with Crippen molar-refractivity contribution >= 4 is 29.2 Å². The summed E-state index contributed by atoms with van der Waals surface area (Å²) < 4.78 is 1.66. The van der Waals surface area contributed by atoms with E-state index in [1.54, 1.807) is 51.1 Å². The van der Waals surface area contributed by atoms with E-state index in [0.29, 0.717) is 54.7 Å². The van der Waals surface area contributed by atoms with Gasteiger partial charge in [-0.15, -0.1) is 0 Å². The highest BCUT2D eigenvalue weighted by Gasteiger charge is 2.25. The fraction of sp³-hybridized carbons (Fsp3) is 0.273. The highest BCUT2D eigenvalue weighted by molar-refractivity contribution is 6.30. The summed E-state index contributed by atoms with van der Waals surface area (Å²) in [5, 5.41) is 7.77. The summed E-state index contributed by atoms with van der Waals surface area (Å²) in [6.45, 7) is 3.91. The third kappa shape index (κ3) is 4.69. The number of rotatable bonds is 3. The van der Waals surface area contributed by atoms with Gasteiger partial charge in [0.25, 0.3) is 5.91 Å². The van der Waals surface area contributed by atoms with Crippen molar-refractivity contribution in [2.75, 3.05) is 31.5 Å². The lowest BCUT2D eigenvalue weighted by Gasteiger charge is -2.22. The number of nitrogens with zero attached hydrogens (tertiary/aromatic N) is 5. The highest BCUT2D eigenvalue weighted by Crippen LogP contribution is 2.18. The molecule has 2 aromatic heterocycles. The zero-order chi connectivity index (χ0) is 21.8. The number of pyridine rings is 1. The van der Waals surface area contributed by atoms with Crippen LogP contribution in [-0.4, -0.2) is 62.7 Å². The summed E-state index contributed by atoms with van der Waals surface area (Å²) in [4.78, 5) is 33.6. The number of benzene rings is 1. The first-order chi connectivity index (χ1) is 15.0. The Morgan fingerprint density at radius 2 is 1.84 bits per heavy atom. The molecule has 3 amide bonds. The molecule has 0 saturated carbocycles. The molecule has 1 saturated heterocycles. The summed E-state index contributed by atoms with van der Waals surface area (Å²) in [5.74, 6) is 0.579. The molecular formula is C22H23ClN6O2. The second-order valence-corrected chi connectivity index (χ2v) is 7.75. The SMILES string of the molecule is Cc1c(C(=O)N2CCCN(C(=O)Nc3cccc(Cl)c3)CC2)cnn1-c1ccccn1. The number of carbonyl (C=O) groups excluding carboxylic acids is 2. The standard InChI is InChI=1S/C22H23ClN6O2/c1-16-19(15-25-29(16)20-8-2-3-9-24-20)21(30)27-10-5-11-28(13-12-27)22(31)26-18-7-4-6-17(23)14-18/h2-4,6-9,14-15H,5,10-13H2,1H3,(H,26,31). The van der Waals surface area contributed by atoms with E-state index in [-0.39, 0.29) is 11.9 Å². The normalized spacial score (nSPS) is 14.3. The number of halogens is 1. The molecule has 1 N–H and O–H groups in total. The molecule has 3 aromatic rings. The Morgan fingerprint density at radius 3 is 2.61 bits per heavy atom. The Morgan fingerprint density at radius 1 is 1.03 bits per heavy atom. The minimum atomic E-state index is -0.198. The molecule has 0 aliphatic carbocycles. The van der Waals surface area contributed by atoms with E-state index in [9.17, 15) is 9.59 Å². The fourth-order valence-electron chi connectivity index (χ4n) is 3.59. The minimum Gasteiger partial charge on any atom is -0.337 e. The van der Waals surface area contributed by atoms with Gasteiger partial charge in [0.05, 0.1) is 17.5 Å². The van der Waals surface area contributed by atoms with E-state index < -0.39 is 0 Å².